The minimum Gasteiger partial charge on any atom is -0.378 e. The van der Waals surface area contributed by atoms with Crippen molar-refractivity contribution in [3.05, 3.63) is 34.8 Å². The van der Waals surface area contributed by atoms with E-state index in [0.29, 0.717) is 18.9 Å². The summed E-state index contributed by atoms with van der Waals surface area (Å²) in [5.41, 5.74) is 2.94. The normalized spacial score (nSPS) is 21.8. The van der Waals surface area contributed by atoms with Crippen molar-refractivity contribution in [2.75, 3.05) is 32.8 Å². The van der Waals surface area contributed by atoms with Crippen molar-refractivity contribution in [3.8, 4) is 0 Å². The standard InChI is InChI=1S/C18H25N5O2S/c24-17(9-15-11-25-8-4-19-15)22-5-1-14(2-6-22)18-20-3-7-23(18)10-16-12-26-13-21-16/h3,7,12-15,19H,1-2,4-6,8-11H2/t15-/m0/s1. The predicted molar refractivity (Wildman–Crippen MR) is 99.2 cm³/mol. The number of carbonyl (C=O) groups excluding carboxylic acids is 1. The Hall–Kier alpha value is -1.77. The summed E-state index contributed by atoms with van der Waals surface area (Å²) in [5, 5.41) is 5.44. The minimum absolute atomic E-state index is 0.158. The van der Waals surface area contributed by atoms with E-state index in [1.54, 1.807) is 11.3 Å². The van der Waals surface area contributed by atoms with Crippen LogP contribution in [0.15, 0.2) is 23.3 Å². The highest BCUT2D eigenvalue weighted by Crippen LogP contribution is 2.27. The highest BCUT2D eigenvalue weighted by atomic mass is 32.1. The van der Waals surface area contributed by atoms with Crippen molar-refractivity contribution in [2.45, 2.75) is 37.8 Å². The van der Waals surface area contributed by atoms with Crippen molar-refractivity contribution in [3.63, 3.8) is 0 Å². The molecule has 2 fully saturated rings. The first kappa shape index (κ1) is 17.6. The number of likely N-dealkylation sites (tertiary alicyclic amines) is 1. The highest BCUT2D eigenvalue weighted by Gasteiger charge is 2.28. The number of ether oxygens (including phenoxy) is 1. The summed E-state index contributed by atoms with van der Waals surface area (Å²) >= 11 is 1.62. The Morgan fingerprint density at radius 3 is 2.96 bits per heavy atom. The van der Waals surface area contributed by atoms with E-state index in [1.165, 1.54) is 0 Å². The van der Waals surface area contributed by atoms with Crippen molar-refractivity contribution in [2.24, 2.45) is 0 Å². The maximum atomic E-state index is 12.5. The molecular weight excluding hydrogens is 350 g/mol. The summed E-state index contributed by atoms with van der Waals surface area (Å²) in [7, 11) is 0. The number of nitrogens with zero attached hydrogens (tertiary/aromatic N) is 4. The topological polar surface area (TPSA) is 72.3 Å². The number of aromatic nitrogens is 3. The van der Waals surface area contributed by atoms with E-state index in [9.17, 15) is 4.79 Å². The van der Waals surface area contributed by atoms with Crippen LogP contribution in [-0.2, 0) is 16.1 Å². The molecule has 7 nitrogen and oxygen atoms in total. The number of amides is 1. The maximum absolute atomic E-state index is 12.5. The number of nitrogens with one attached hydrogen (secondary N) is 1. The van der Waals surface area contributed by atoms with Crippen molar-refractivity contribution >= 4 is 17.2 Å². The van der Waals surface area contributed by atoms with Gasteiger partial charge in [-0.15, -0.1) is 11.3 Å². The van der Waals surface area contributed by atoms with Gasteiger partial charge in [0.05, 0.1) is 31.0 Å². The molecule has 1 atom stereocenters. The second kappa shape index (κ2) is 8.28. The summed E-state index contributed by atoms with van der Waals surface area (Å²) in [6.07, 6.45) is 6.36. The summed E-state index contributed by atoms with van der Waals surface area (Å²) in [5.74, 6) is 1.76. The Morgan fingerprint density at radius 2 is 2.23 bits per heavy atom. The zero-order chi connectivity index (χ0) is 17.8. The summed E-state index contributed by atoms with van der Waals surface area (Å²) in [6.45, 7) is 4.59. The van der Waals surface area contributed by atoms with Crippen LogP contribution >= 0.6 is 11.3 Å². The highest BCUT2D eigenvalue weighted by molar-refractivity contribution is 7.07. The zero-order valence-electron chi connectivity index (χ0n) is 14.8. The molecule has 0 spiro atoms. The van der Waals surface area contributed by atoms with Crippen LogP contribution in [0.4, 0.5) is 0 Å². The van der Waals surface area contributed by atoms with Crippen LogP contribution in [0.25, 0.3) is 0 Å². The van der Waals surface area contributed by atoms with Crippen LogP contribution in [0.2, 0.25) is 0 Å². The molecule has 2 saturated heterocycles. The number of piperidine rings is 1. The first-order valence-electron chi connectivity index (χ1n) is 9.26. The fourth-order valence-electron chi connectivity index (χ4n) is 3.78. The largest absolute Gasteiger partial charge is 0.378 e. The van der Waals surface area contributed by atoms with Gasteiger partial charge in [0.1, 0.15) is 5.82 Å². The van der Waals surface area contributed by atoms with Gasteiger partial charge in [-0.1, -0.05) is 0 Å². The third-order valence-corrected chi connectivity index (χ3v) is 5.83. The summed E-state index contributed by atoms with van der Waals surface area (Å²) in [4.78, 5) is 23.5. The Kier molecular flexibility index (Phi) is 5.62. The van der Waals surface area contributed by atoms with E-state index in [-0.39, 0.29) is 11.9 Å². The molecule has 8 heteroatoms. The third-order valence-electron chi connectivity index (χ3n) is 5.20. The van der Waals surface area contributed by atoms with E-state index in [2.05, 4.69) is 25.2 Å². The average molecular weight is 375 g/mol. The van der Waals surface area contributed by atoms with Gasteiger partial charge in [0.15, 0.2) is 0 Å². The fraction of sp³-hybridized carbons (Fsp3) is 0.611. The lowest BCUT2D eigenvalue weighted by Gasteiger charge is -2.33. The molecule has 0 aliphatic carbocycles. The maximum Gasteiger partial charge on any atom is 0.224 e. The van der Waals surface area contributed by atoms with E-state index in [1.807, 2.05) is 22.8 Å². The number of rotatable bonds is 5. The molecule has 2 aliphatic heterocycles. The number of morpholine rings is 1. The van der Waals surface area contributed by atoms with Crippen LogP contribution in [0, 0.1) is 0 Å². The molecule has 4 heterocycles. The van der Waals surface area contributed by atoms with Crippen LogP contribution in [0.1, 0.15) is 36.7 Å². The lowest BCUT2D eigenvalue weighted by molar-refractivity contribution is -0.133. The molecular formula is C18H25N5O2S. The molecule has 0 unspecified atom stereocenters. The average Bonchev–Trinajstić information content (AvgIpc) is 3.35. The lowest BCUT2D eigenvalue weighted by Crippen LogP contribution is -2.46. The SMILES string of the molecule is O=C(C[C@H]1COCCN1)N1CCC(c2nccn2Cc2cscn2)CC1. The number of carbonyl (C=O) groups is 1. The quantitative estimate of drug-likeness (QED) is 0.857. The van der Waals surface area contributed by atoms with Gasteiger partial charge in [-0.3, -0.25) is 4.79 Å². The Balaban J connectivity index is 1.31. The molecule has 1 N–H and O–H groups in total. The molecule has 1 amide bonds. The summed E-state index contributed by atoms with van der Waals surface area (Å²) < 4.78 is 7.64. The van der Waals surface area contributed by atoms with Crippen molar-refractivity contribution in [1.29, 1.82) is 0 Å². The number of hydrogen-bond donors (Lipinski definition) is 1. The van der Waals surface area contributed by atoms with Gasteiger partial charge in [0.2, 0.25) is 5.91 Å². The van der Waals surface area contributed by atoms with Gasteiger partial charge < -0.3 is 19.5 Å². The molecule has 0 aromatic carbocycles. The monoisotopic (exact) mass is 375 g/mol. The van der Waals surface area contributed by atoms with Gasteiger partial charge in [-0.2, -0.15) is 0 Å². The molecule has 0 radical (unpaired) electrons. The van der Waals surface area contributed by atoms with Crippen LogP contribution < -0.4 is 5.32 Å². The van der Waals surface area contributed by atoms with E-state index in [4.69, 9.17) is 4.74 Å². The smallest absolute Gasteiger partial charge is 0.224 e. The Bertz CT molecular complexity index is 703. The van der Waals surface area contributed by atoms with E-state index < -0.39 is 0 Å². The first-order chi connectivity index (χ1) is 12.8. The Morgan fingerprint density at radius 1 is 1.35 bits per heavy atom. The molecule has 4 rings (SSSR count). The van der Waals surface area contributed by atoms with Crippen LogP contribution in [0.5, 0.6) is 0 Å². The number of hydrogen-bond acceptors (Lipinski definition) is 6. The van der Waals surface area contributed by atoms with Crippen molar-refractivity contribution in [1.82, 2.24) is 24.8 Å². The lowest BCUT2D eigenvalue weighted by atomic mass is 9.95. The van der Waals surface area contributed by atoms with Crippen molar-refractivity contribution < 1.29 is 9.53 Å². The van der Waals surface area contributed by atoms with Gasteiger partial charge in [0, 0.05) is 55.8 Å². The fourth-order valence-corrected chi connectivity index (χ4v) is 4.33. The van der Waals surface area contributed by atoms with Gasteiger partial charge >= 0.3 is 0 Å². The second-order valence-corrected chi connectivity index (χ2v) is 7.70. The molecule has 140 valence electrons. The van der Waals surface area contributed by atoms with Crippen LogP contribution in [0.3, 0.4) is 0 Å². The number of imidazole rings is 1. The first-order valence-corrected chi connectivity index (χ1v) is 10.2. The zero-order valence-corrected chi connectivity index (χ0v) is 15.7. The summed E-state index contributed by atoms with van der Waals surface area (Å²) in [6, 6.07) is 0.158. The van der Waals surface area contributed by atoms with Crippen LogP contribution in [-0.4, -0.2) is 64.2 Å². The minimum atomic E-state index is 0.158. The molecule has 2 aliphatic rings. The van der Waals surface area contributed by atoms with E-state index >= 15 is 0 Å². The second-order valence-electron chi connectivity index (χ2n) is 6.98. The number of thiazole rings is 1. The molecule has 0 bridgehead atoms. The van der Waals surface area contributed by atoms with E-state index in [0.717, 1.165) is 57.1 Å². The van der Waals surface area contributed by atoms with Gasteiger partial charge in [-0.05, 0) is 12.8 Å². The third kappa shape index (κ3) is 4.13. The van der Waals surface area contributed by atoms with Gasteiger partial charge in [0.25, 0.3) is 0 Å². The predicted octanol–water partition coefficient (Wildman–Crippen LogP) is 1.47. The molecule has 0 saturated carbocycles. The molecule has 26 heavy (non-hydrogen) atoms. The molecule has 2 aromatic heterocycles. The Labute approximate surface area is 157 Å². The van der Waals surface area contributed by atoms with Gasteiger partial charge in [-0.25, -0.2) is 9.97 Å². The molecule has 2 aromatic rings.